The molecule has 0 N–H and O–H groups in total. The van der Waals surface area contributed by atoms with E-state index in [2.05, 4.69) is 4.99 Å². The summed E-state index contributed by atoms with van der Waals surface area (Å²) in [5, 5.41) is 0. The molecule has 1 saturated heterocycles. The highest BCUT2D eigenvalue weighted by Crippen LogP contribution is 2.41. The van der Waals surface area contributed by atoms with Gasteiger partial charge in [-0.05, 0) is 38.5 Å². The Bertz CT molecular complexity index is 796. The van der Waals surface area contributed by atoms with E-state index in [0.29, 0.717) is 18.9 Å². The monoisotopic (exact) mass is 408 g/mol. The molecule has 0 aromatic heterocycles. The maximum Gasteiger partial charge on any atom is 0.418 e. The van der Waals surface area contributed by atoms with E-state index < -0.39 is 35.1 Å². The molecular weight excluding hydrogens is 390 g/mol. The molecule has 28 heavy (non-hydrogen) atoms. The number of benzene rings is 1. The molecule has 1 aliphatic heterocycles. The molecule has 0 saturated carbocycles. The molecule has 1 aliphatic rings. The fourth-order valence-corrected chi connectivity index (χ4v) is 2.80. The topological polar surface area (TPSA) is 41.9 Å². The predicted octanol–water partition coefficient (Wildman–Crippen LogP) is 5.19. The Morgan fingerprint density at radius 3 is 2.46 bits per heavy atom. The van der Waals surface area contributed by atoms with Crippen molar-refractivity contribution in [2.45, 2.75) is 39.0 Å². The standard InChI is InChI=1S/C18H18F6N2O2/c1-3-28-16(27)9-11(2)25-15-5-4-8-26(15)14-7-6-12(17(19,20)21)10-13(14)18(22,23)24/h6-7,9-10H,3-5,8H2,1-2H3/b11-9+,25-15?. The predicted molar refractivity (Wildman–Crippen MR) is 90.9 cm³/mol. The summed E-state index contributed by atoms with van der Waals surface area (Å²) >= 11 is 0. The Morgan fingerprint density at radius 2 is 1.89 bits per heavy atom. The number of allylic oxidation sites excluding steroid dienone is 1. The van der Waals surface area contributed by atoms with Gasteiger partial charge in [0.25, 0.3) is 0 Å². The van der Waals surface area contributed by atoms with Gasteiger partial charge in [-0.3, -0.25) is 0 Å². The van der Waals surface area contributed by atoms with E-state index in [1.165, 1.54) is 11.8 Å². The van der Waals surface area contributed by atoms with Gasteiger partial charge in [-0.1, -0.05) is 0 Å². The summed E-state index contributed by atoms with van der Waals surface area (Å²) in [5.41, 5.74) is -2.94. The van der Waals surface area contributed by atoms with E-state index in [9.17, 15) is 31.1 Å². The number of hydrogen-bond donors (Lipinski definition) is 0. The summed E-state index contributed by atoms with van der Waals surface area (Å²) in [6, 6.07) is 1.52. The molecule has 0 spiro atoms. The number of amidine groups is 1. The molecule has 10 heteroatoms. The SMILES string of the molecule is CCOC(=O)/C=C(\C)N=C1CCCN1c1ccc(C(F)(F)F)cc1C(F)(F)F. The lowest BCUT2D eigenvalue weighted by Crippen LogP contribution is -2.27. The minimum absolute atomic E-state index is 0.104. The van der Waals surface area contributed by atoms with Gasteiger partial charge in [0.05, 0.1) is 23.4 Å². The van der Waals surface area contributed by atoms with Crippen LogP contribution in [0.2, 0.25) is 0 Å². The van der Waals surface area contributed by atoms with Gasteiger partial charge in [0, 0.05) is 24.7 Å². The number of nitrogens with zero attached hydrogens (tertiary/aromatic N) is 2. The van der Waals surface area contributed by atoms with Crippen LogP contribution < -0.4 is 4.90 Å². The van der Waals surface area contributed by atoms with E-state index in [-0.39, 0.29) is 30.8 Å². The highest BCUT2D eigenvalue weighted by Gasteiger charge is 2.40. The van der Waals surface area contributed by atoms with E-state index in [0.717, 1.165) is 12.1 Å². The number of esters is 1. The molecule has 0 unspecified atom stereocenters. The van der Waals surface area contributed by atoms with Crippen molar-refractivity contribution in [1.29, 1.82) is 0 Å². The smallest absolute Gasteiger partial charge is 0.418 e. The zero-order valence-corrected chi connectivity index (χ0v) is 15.1. The summed E-state index contributed by atoms with van der Waals surface area (Å²) in [4.78, 5) is 16.9. The molecule has 2 rings (SSSR count). The number of rotatable bonds is 4. The van der Waals surface area contributed by atoms with Gasteiger partial charge < -0.3 is 9.64 Å². The Morgan fingerprint density at radius 1 is 1.21 bits per heavy atom. The van der Waals surface area contributed by atoms with Crippen molar-refractivity contribution in [3.05, 3.63) is 41.1 Å². The Labute approximate surface area is 157 Å². The lowest BCUT2D eigenvalue weighted by molar-refractivity contribution is -0.143. The quantitative estimate of drug-likeness (QED) is 0.391. The minimum atomic E-state index is -4.97. The first-order valence-electron chi connectivity index (χ1n) is 8.42. The minimum Gasteiger partial charge on any atom is -0.463 e. The van der Waals surface area contributed by atoms with Crippen LogP contribution in [0.25, 0.3) is 0 Å². The Hall–Kier alpha value is -2.52. The van der Waals surface area contributed by atoms with Crippen LogP contribution in [0.5, 0.6) is 0 Å². The summed E-state index contributed by atoms with van der Waals surface area (Å²) in [5.74, 6) is -0.400. The number of carbonyl (C=O) groups is 1. The molecule has 4 nitrogen and oxygen atoms in total. The van der Waals surface area contributed by atoms with Crippen LogP contribution in [-0.4, -0.2) is 25.0 Å². The largest absolute Gasteiger partial charge is 0.463 e. The van der Waals surface area contributed by atoms with Crippen LogP contribution in [-0.2, 0) is 21.9 Å². The average Bonchev–Trinajstić information content (AvgIpc) is 3.00. The first-order chi connectivity index (χ1) is 12.9. The van der Waals surface area contributed by atoms with Crippen molar-refractivity contribution in [3.63, 3.8) is 0 Å². The highest BCUT2D eigenvalue weighted by atomic mass is 19.4. The number of ether oxygens (including phenoxy) is 1. The molecule has 1 heterocycles. The van der Waals surface area contributed by atoms with Gasteiger partial charge >= 0.3 is 18.3 Å². The van der Waals surface area contributed by atoms with Crippen LogP contribution in [0.3, 0.4) is 0 Å². The zero-order chi connectivity index (χ0) is 21.1. The number of carbonyl (C=O) groups excluding carboxylic acids is 1. The molecule has 0 atom stereocenters. The number of aliphatic imine (C=N–C) groups is 1. The van der Waals surface area contributed by atoms with Crippen LogP contribution >= 0.6 is 0 Å². The summed E-state index contributed by atoms with van der Waals surface area (Å²) < 4.78 is 83.5. The Kier molecular flexibility index (Phi) is 6.41. The molecule has 154 valence electrons. The normalized spacial score (nSPS) is 17.4. The van der Waals surface area contributed by atoms with Crippen molar-refractivity contribution < 1.29 is 35.9 Å². The second kappa shape index (κ2) is 8.24. The third-order valence-corrected chi connectivity index (χ3v) is 3.93. The van der Waals surface area contributed by atoms with E-state index in [1.54, 1.807) is 6.92 Å². The lowest BCUT2D eigenvalue weighted by Gasteiger charge is -2.24. The summed E-state index contributed by atoms with van der Waals surface area (Å²) in [6.07, 6.45) is -7.96. The van der Waals surface area contributed by atoms with Gasteiger partial charge in [-0.15, -0.1) is 0 Å². The maximum atomic E-state index is 13.4. The van der Waals surface area contributed by atoms with Crippen molar-refractivity contribution >= 4 is 17.5 Å². The van der Waals surface area contributed by atoms with Crippen molar-refractivity contribution in [3.8, 4) is 0 Å². The molecule has 1 aromatic carbocycles. The van der Waals surface area contributed by atoms with Gasteiger partial charge in [-0.2, -0.15) is 26.3 Å². The van der Waals surface area contributed by atoms with Gasteiger partial charge in [-0.25, -0.2) is 9.79 Å². The van der Waals surface area contributed by atoms with Gasteiger partial charge in [0.2, 0.25) is 0 Å². The van der Waals surface area contributed by atoms with Gasteiger partial charge in [0.15, 0.2) is 0 Å². The fraction of sp³-hybridized carbons (Fsp3) is 0.444. The fourth-order valence-electron chi connectivity index (χ4n) is 2.80. The number of alkyl halides is 6. The molecule has 1 aromatic rings. The van der Waals surface area contributed by atoms with Crippen LogP contribution in [0.1, 0.15) is 37.8 Å². The van der Waals surface area contributed by atoms with Crippen LogP contribution in [0.4, 0.5) is 32.0 Å². The number of anilines is 1. The molecule has 0 amide bonds. The van der Waals surface area contributed by atoms with Gasteiger partial charge in [0.1, 0.15) is 5.84 Å². The second-order valence-corrected chi connectivity index (χ2v) is 6.05. The number of halogens is 6. The Balaban J connectivity index is 2.45. The first kappa shape index (κ1) is 21.8. The molecule has 1 fully saturated rings. The molecule has 0 radical (unpaired) electrons. The van der Waals surface area contributed by atoms with E-state index >= 15 is 0 Å². The van der Waals surface area contributed by atoms with E-state index in [4.69, 9.17) is 4.74 Å². The first-order valence-corrected chi connectivity index (χ1v) is 8.42. The zero-order valence-electron chi connectivity index (χ0n) is 15.1. The van der Waals surface area contributed by atoms with Crippen molar-refractivity contribution in [1.82, 2.24) is 0 Å². The van der Waals surface area contributed by atoms with Crippen LogP contribution in [0, 0.1) is 0 Å². The molecule has 0 aliphatic carbocycles. The third-order valence-electron chi connectivity index (χ3n) is 3.93. The average molecular weight is 408 g/mol. The lowest BCUT2D eigenvalue weighted by atomic mass is 10.1. The summed E-state index contributed by atoms with van der Waals surface area (Å²) in [6.45, 7) is 3.43. The second-order valence-electron chi connectivity index (χ2n) is 6.05. The number of hydrogen-bond acceptors (Lipinski definition) is 3. The summed E-state index contributed by atoms with van der Waals surface area (Å²) in [7, 11) is 0. The third kappa shape index (κ3) is 5.26. The molecule has 0 bridgehead atoms. The van der Waals surface area contributed by atoms with Crippen molar-refractivity contribution in [2.24, 2.45) is 4.99 Å². The molecular formula is C18H18F6N2O2. The van der Waals surface area contributed by atoms with E-state index in [1.807, 2.05) is 0 Å². The van der Waals surface area contributed by atoms with Crippen molar-refractivity contribution in [2.75, 3.05) is 18.1 Å². The highest BCUT2D eigenvalue weighted by molar-refractivity contribution is 6.01. The maximum absolute atomic E-state index is 13.4. The van der Waals surface area contributed by atoms with Crippen LogP contribution in [0.15, 0.2) is 35.0 Å².